The van der Waals surface area contributed by atoms with Crippen LogP contribution in [0.1, 0.15) is 25.0 Å². The Morgan fingerprint density at radius 2 is 1.32 bits per heavy atom. The van der Waals surface area contributed by atoms with Crippen LogP contribution >= 0.6 is 0 Å². The number of aliphatic hydroxyl groups is 1. The third-order valence-corrected chi connectivity index (χ3v) is 5.09. The van der Waals surface area contributed by atoms with Crippen molar-refractivity contribution in [2.45, 2.75) is 19.4 Å². The number of hydrogen-bond donors (Lipinski definition) is 1. The van der Waals surface area contributed by atoms with Gasteiger partial charge >= 0.3 is 0 Å². The molecule has 25 heavy (non-hydrogen) atoms. The predicted molar refractivity (Wildman–Crippen MR) is 96.6 cm³/mol. The van der Waals surface area contributed by atoms with Crippen LogP contribution in [-0.4, -0.2) is 25.1 Å². The van der Waals surface area contributed by atoms with E-state index >= 15 is 0 Å². The molecule has 4 nitrogen and oxygen atoms in total. The molecule has 2 aromatic rings. The molecule has 0 spiro atoms. The standard InChI is InChI=1S/C21H22O4/c1-20(2)19(22)13-18(14-5-9-16(24-3)10-6-14)21(20,23)15-7-11-17(25-4)12-8-15/h5-13,23H,1-4H3. The van der Waals surface area contributed by atoms with Crippen LogP contribution in [0.15, 0.2) is 54.6 Å². The van der Waals surface area contributed by atoms with Gasteiger partial charge < -0.3 is 14.6 Å². The van der Waals surface area contributed by atoms with E-state index in [0.29, 0.717) is 16.9 Å². The summed E-state index contributed by atoms with van der Waals surface area (Å²) >= 11 is 0. The van der Waals surface area contributed by atoms with Crippen LogP contribution in [-0.2, 0) is 10.4 Å². The molecule has 0 bridgehead atoms. The van der Waals surface area contributed by atoms with Gasteiger partial charge in [-0.1, -0.05) is 24.3 Å². The molecule has 0 heterocycles. The number of methoxy groups -OCH3 is 2. The molecule has 130 valence electrons. The maximum absolute atomic E-state index is 12.6. The minimum absolute atomic E-state index is 0.100. The number of benzene rings is 2. The molecule has 0 radical (unpaired) electrons. The number of rotatable bonds is 4. The molecule has 0 saturated heterocycles. The van der Waals surface area contributed by atoms with Crippen LogP contribution in [0.3, 0.4) is 0 Å². The molecule has 1 unspecified atom stereocenters. The molecule has 1 N–H and O–H groups in total. The van der Waals surface area contributed by atoms with Gasteiger partial charge in [0.25, 0.3) is 0 Å². The fourth-order valence-electron chi connectivity index (χ4n) is 3.34. The van der Waals surface area contributed by atoms with Crippen LogP contribution in [0.25, 0.3) is 5.57 Å². The third-order valence-electron chi connectivity index (χ3n) is 5.09. The Morgan fingerprint density at radius 3 is 1.80 bits per heavy atom. The maximum atomic E-state index is 12.6. The zero-order valence-corrected chi connectivity index (χ0v) is 14.9. The van der Waals surface area contributed by atoms with Gasteiger partial charge in [-0.05, 0) is 60.9 Å². The van der Waals surface area contributed by atoms with E-state index in [-0.39, 0.29) is 5.78 Å². The van der Waals surface area contributed by atoms with Gasteiger partial charge in [0.05, 0.1) is 19.6 Å². The summed E-state index contributed by atoms with van der Waals surface area (Å²) in [5, 5.41) is 11.7. The first-order valence-corrected chi connectivity index (χ1v) is 8.12. The van der Waals surface area contributed by atoms with Gasteiger partial charge in [-0.15, -0.1) is 0 Å². The fraction of sp³-hybridized carbons (Fsp3) is 0.286. The summed E-state index contributed by atoms with van der Waals surface area (Å²) in [5.41, 5.74) is -0.360. The minimum atomic E-state index is -1.43. The van der Waals surface area contributed by atoms with Crippen molar-refractivity contribution in [3.8, 4) is 11.5 Å². The first-order chi connectivity index (χ1) is 11.8. The predicted octanol–water partition coefficient (Wildman–Crippen LogP) is 3.58. The molecule has 1 atom stereocenters. The number of allylic oxidation sites excluding steroid dienone is 1. The van der Waals surface area contributed by atoms with Gasteiger partial charge in [0, 0.05) is 0 Å². The van der Waals surface area contributed by atoms with Crippen LogP contribution in [0.2, 0.25) is 0 Å². The molecule has 3 rings (SSSR count). The van der Waals surface area contributed by atoms with Crippen molar-refractivity contribution in [1.29, 1.82) is 0 Å². The van der Waals surface area contributed by atoms with Crippen LogP contribution in [0.4, 0.5) is 0 Å². The summed E-state index contributed by atoms with van der Waals surface area (Å²) in [4.78, 5) is 12.6. The highest BCUT2D eigenvalue weighted by atomic mass is 16.5. The van der Waals surface area contributed by atoms with Crippen molar-refractivity contribution in [2.24, 2.45) is 5.41 Å². The van der Waals surface area contributed by atoms with Crippen molar-refractivity contribution >= 4 is 11.4 Å². The van der Waals surface area contributed by atoms with E-state index in [0.717, 1.165) is 11.3 Å². The average Bonchev–Trinajstić information content (AvgIpc) is 2.82. The third kappa shape index (κ3) is 2.53. The first kappa shape index (κ1) is 17.2. The molecular formula is C21H22O4. The molecule has 0 aromatic heterocycles. The molecule has 0 amide bonds. The van der Waals surface area contributed by atoms with E-state index in [1.165, 1.54) is 0 Å². The highest BCUT2D eigenvalue weighted by Gasteiger charge is 2.56. The molecule has 0 fully saturated rings. The van der Waals surface area contributed by atoms with Gasteiger partial charge in [0.1, 0.15) is 17.1 Å². The lowest BCUT2D eigenvalue weighted by atomic mass is 9.68. The van der Waals surface area contributed by atoms with Crippen LogP contribution in [0.5, 0.6) is 11.5 Å². The van der Waals surface area contributed by atoms with E-state index in [4.69, 9.17) is 9.47 Å². The smallest absolute Gasteiger partial charge is 0.165 e. The van der Waals surface area contributed by atoms with E-state index in [1.54, 1.807) is 58.4 Å². The van der Waals surface area contributed by atoms with Crippen molar-refractivity contribution in [3.05, 3.63) is 65.7 Å². The highest BCUT2D eigenvalue weighted by Crippen LogP contribution is 2.54. The second-order valence-corrected chi connectivity index (χ2v) is 6.71. The normalized spacial score (nSPS) is 21.8. The summed E-state index contributed by atoms with van der Waals surface area (Å²) < 4.78 is 10.4. The van der Waals surface area contributed by atoms with E-state index in [1.807, 2.05) is 24.3 Å². The molecule has 0 saturated carbocycles. The van der Waals surface area contributed by atoms with Crippen molar-refractivity contribution in [1.82, 2.24) is 0 Å². The topological polar surface area (TPSA) is 55.8 Å². The van der Waals surface area contributed by atoms with Crippen molar-refractivity contribution < 1.29 is 19.4 Å². The Balaban J connectivity index is 2.14. The minimum Gasteiger partial charge on any atom is -0.497 e. The molecule has 2 aromatic carbocycles. The van der Waals surface area contributed by atoms with Gasteiger partial charge in [0.2, 0.25) is 0 Å². The highest BCUT2D eigenvalue weighted by molar-refractivity contribution is 6.09. The second kappa shape index (κ2) is 6.05. The lowest BCUT2D eigenvalue weighted by Gasteiger charge is -2.38. The Labute approximate surface area is 147 Å². The largest absolute Gasteiger partial charge is 0.497 e. The number of carbonyl (C=O) groups excluding carboxylic acids is 1. The fourth-order valence-corrected chi connectivity index (χ4v) is 3.34. The molecule has 1 aliphatic rings. The quantitative estimate of drug-likeness (QED) is 0.926. The summed E-state index contributed by atoms with van der Waals surface area (Å²) in [6.07, 6.45) is 1.55. The number of carbonyl (C=O) groups is 1. The zero-order valence-electron chi connectivity index (χ0n) is 14.9. The zero-order chi connectivity index (χ0) is 18.2. The summed E-state index contributed by atoms with van der Waals surface area (Å²) in [6.45, 7) is 3.54. The number of hydrogen-bond acceptors (Lipinski definition) is 4. The second-order valence-electron chi connectivity index (χ2n) is 6.71. The average molecular weight is 338 g/mol. The van der Waals surface area contributed by atoms with Gasteiger partial charge in [-0.2, -0.15) is 0 Å². The number of ether oxygens (including phenoxy) is 2. The lowest BCUT2D eigenvalue weighted by Crippen LogP contribution is -2.43. The summed E-state index contributed by atoms with van der Waals surface area (Å²) in [7, 11) is 3.19. The Kier molecular flexibility index (Phi) is 4.17. The molecule has 4 heteroatoms. The first-order valence-electron chi connectivity index (χ1n) is 8.12. The van der Waals surface area contributed by atoms with Crippen molar-refractivity contribution in [3.63, 3.8) is 0 Å². The van der Waals surface area contributed by atoms with E-state index < -0.39 is 11.0 Å². The van der Waals surface area contributed by atoms with E-state index in [2.05, 4.69) is 0 Å². The SMILES string of the molecule is COc1ccc(C2=CC(=O)C(C)(C)C2(O)c2ccc(OC)cc2)cc1. The molecular weight excluding hydrogens is 316 g/mol. The van der Waals surface area contributed by atoms with Gasteiger partial charge in [-0.3, -0.25) is 4.79 Å². The van der Waals surface area contributed by atoms with E-state index in [9.17, 15) is 9.90 Å². The van der Waals surface area contributed by atoms with Crippen molar-refractivity contribution in [2.75, 3.05) is 14.2 Å². The maximum Gasteiger partial charge on any atom is 0.165 e. The van der Waals surface area contributed by atoms with Crippen LogP contribution in [0, 0.1) is 5.41 Å². The molecule has 1 aliphatic carbocycles. The monoisotopic (exact) mass is 338 g/mol. The van der Waals surface area contributed by atoms with Gasteiger partial charge in [-0.25, -0.2) is 0 Å². The lowest BCUT2D eigenvalue weighted by molar-refractivity contribution is -0.130. The number of ketones is 1. The summed E-state index contributed by atoms with van der Waals surface area (Å²) in [5.74, 6) is 1.32. The van der Waals surface area contributed by atoms with Gasteiger partial charge in [0.15, 0.2) is 5.78 Å². The van der Waals surface area contributed by atoms with Crippen LogP contribution < -0.4 is 9.47 Å². The Morgan fingerprint density at radius 1 is 0.840 bits per heavy atom. The summed E-state index contributed by atoms with van der Waals surface area (Å²) in [6, 6.07) is 14.5. The molecule has 0 aliphatic heterocycles. The Bertz CT molecular complexity index is 816. The Hall–Kier alpha value is -2.59.